The summed E-state index contributed by atoms with van der Waals surface area (Å²) in [4.78, 5) is 13.0. The number of carbonyl (C=O) groups is 1. The van der Waals surface area contributed by atoms with E-state index < -0.39 is 0 Å². The fraction of sp³-hybridized carbons (Fsp3) is 0.280. The van der Waals surface area contributed by atoms with E-state index in [0.717, 1.165) is 59.5 Å². The largest absolute Gasteiger partial charge is 0.344 e. The van der Waals surface area contributed by atoms with E-state index in [1.165, 1.54) is 5.57 Å². The number of nitrogens with zero attached hydrogens (tertiary/aromatic N) is 1. The smallest absolute Gasteiger partial charge is 0.272 e. The third-order valence-corrected chi connectivity index (χ3v) is 5.85. The van der Waals surface area contributed by atoms with Crippen LogP contribution in [0.1, 0.15) is 71.5 Å². The maximum Gasteiger partial charge on any atom is 0.272 e. The number of aromatic amines is 1. The number of fused-ring (bicyclic) bond motifs is 1. The van der Waals surface area contributed by atoms with Crippen LogP contribution in [0.15, 0.2) is 54.6 Å². The molecule has 0 spiro atoms. The maximum atomic E-state index is 13.0. The Morgan fingerprint density at radius 1 is 1.10 bits per heavy atom. The first-order chi connectivity index (χ1) is 14.6. The van der Waals surface area contributed by atoms with Crippen LogP contribution in [0.3, 0.4) is 0 Å². The molecule has 1 aliphatic rings. The van der Waals surface area contributed by atoms with E-state index in [4.69, 9.17) is 11.6 Å². The summed E-state index contributed by atoms with van der Waals surface area (Å²) in [5, 5.41) is 11.4. The number of hydrogen-bond donors (Lipinski definition) is 2. The fourth-order valence-electron chi connectivity index (χ4n) is 4.01. The van der Waals surface area contributed by atoms with Crippen LogP contribution in [-0.2, 0) is 6.42 Å². The van der Waals surface area contributed by atoms with Crippen LogP contribution in [0.4, 0.5) is 0 Å². The minimum absolute atomic E-state index is 0.0823. The first kappa shape index (κ1) is 20.4. The molecule has 2 N–H and O–H groups in total. The molecule has 4 nitrogen and oxygen atoms in total. The number of H-pyrrole nitrogens is 1. The van der Waals surface area contributed by atoms with Gasteiger partial charge in [-0.2, -0.15) is 5.10 Å². The molecule has 0 fully saturated rings. The van der Waals surface area contributed by atoms with Gasteiger partial charge >= 0.3 is 0 Å². The van der Waals surface area contributed by atoms with Crippen molar-refractivity contribution in [1.82, 2.24) is 15.5 Å². The summed E-state index contributed by atoms with van der Waals surface area (Å²) in [6.45, 7) is 1.99. The molecule has 1 aliphatic carbocycles. The summed E-state index contributed by atoms with van der Waals surface area (Å²) < 4.78 is 0. The van der Waals surface area contributed by atoms with Crippen molar-refractivity contribution in [3.8, 4) is 0 Å². The summed E-state index contributed by atoms with van der Waals surface area (Å²) >= 11 is 6.16. The van der Waals surface area contributed by atoms with Gasteiger partial charge in [0.05, 0.1) is 11.7 Å². The zero-order valence-electron chi connectivity index (χ0n) is 17.1. The predicted octanol–water partition coefficient (Wildman–Crippen LogP) is 6.21. The molecule has 154 valence electrons. The second kappa shape index (κ2) is 9.31. The van der Waals surface area contributed by atoms with E-state index in [1.54, 1.807) is 0 Å². The van der Waals surface area contributed by atoms with Crippen LogP contribution in [0.25, 0.3) is 11.6 Å². The molecular weight excluding hydrogens is 394 g/mol. The van der Waals surface area contributed by atoms with E-state index in [0.29, 0.717) is 5.69 Å². The van der Waals surface area contributed by atoms with Crippen molar-refractivity contribution in [1.29, 1.82) is 0 Å². The molecule has 4 rings (SSSR count). The van der Waals surface area contributed by atoms with Crippen LogP contribution in [0, 0.1) is 0 Å². The molecule has 0 bridgehead atoms. The zero-order valence-corrected chi connectivity index (χ0v) is 17.9. The molecular formula is C25H26ClN3O. The summed E-state index contributed by atoms with van der Waals surface area (Å²) in [6.07, 6.45) is 7.27. The predicted molar refractivity (Wildman–Crippen MR) is 122 cm³/mol. The van der Waals surface area contributed by atoms with Crippen LogP contribution < -0.4 is 5.32 Å². The molecule has 1 atom stereocenters. The molecule has 0 saturated carbocycles. The first-order valence-corrected chi connectivity index (χ1v) is 10.9. The normalized spacial score (nSPS) is 16.4. The SMILES string of the molecule is C[C@@H](NC(=O)c1n[nH]c2c1CCCCC/C2=C\c1cccc(Cl)c1)c1ccccc1. The molecule has 30 heavy (non-hydrogen) atoms. The molecule has 1 heterocycles. The lowest BCUT2D eigenvalue weighted by Crippen LogP contribution is -2.27. The Kier molecular flexibility index (Phi) is 6.34. The Morgan fingerprint density at radius 2 is 1.90 bits per heavy atom. The van der Waals surface area contributed by atoms with Gasteiger partial charge in [0, 0.05) is 10.6 Å². The lowest BCUT2D eigenvalue weighted by Gasteiger charge is -2.16. The average molecular weight is 420 g/mol. The first-order valence-electron chi connectivity index (χ1n) is 10.5. The van der Waals surface area contributed by atoms with Crippen LogP contribution in [0.5, 0.6) is 0 Å². The Bertz CT molecular complexity index is 1060. The Balaban J connectivity index is 1.63. The Morgan fingerprint density at radius 3 is 2.70 bits per heavy atom. The Labute approximate surface area is 182 Å². The van der Waals surface area contributed by atoms with E-state index in [2.05, 4.69) is 21.6 Å². The summed E-state index contributed by atoms with van der Waals surface area (Å²) in [6, 6.07) is 17.7. The monoisotopic (exact) mass is 419 g/mol. The van der Waals surface area contributed by atoms with Gasteiger partial charge < -0.3 is 5.32 Å². The number of rotatable bonds is 4. The number of nitrogens with one attached hydrogen (secondary N) is 2. The lowest BCUT2D eigenvalue weighted by atomic mass is 9.92. The standard InChI is InChI=1S/C25H26ClN3O/c1-17(19-10-4-2-5-11-19)27-25(30)24-22-14-7-3-6-12-20(23(22)28-29-24)15-18-9-8-13-21(26)16-18/h2,4-5,8-11,13,15-17H,3,6-7,12,14H2,1H3,(H,27,30)(H,28,29)/b20-15+/t17-/m1/s1. The van der Waals surface area contributed by atoms with E-state index in [1.807, 2.05) is 61.5 Å². The van der Waals surface area contributed by atoms with Crippen molar-refractivity contribution < 1.29 is 4.79 Å². The Hall–Kier alpha value is -2.85. The molecule has 1 aromatic heterocycles. The molecule has 3 aromatic rings. The van der Waals surface area contributed by atoms with E-state index in [9.17, 15) is 4.79 Å². The quantitative estimate of drug-likeness (QED) is 0.528. The number of hydrogen-bond acceptors (Lipinski definition) is 2. The number of aromatic nitrogens is 2. The highest BCUT2D eigenvalue weighted by atomic mass is 35.5. The van der Waals surface area contributed by atoms with E-state index >= 15 is 0 Å². The number of amides is 1. The molecule has 0 aliphatic heterocycles. The number of allylic oxidation sites excluding steroid dienone is 1. The van der Waals surface area contributed by atoms with E-state index in [-0.39, 0.29) is 11.9 Å². The second-order valence-electron chi connectivity index (χ2n) is 7.82. The van der Waals surface area contributed by atoms with Gasteiger partial charge in [-0.05, 0) is 67.5 Å². The number of benzene rings is 2. The number of halogens is 1. The highest BCUT2D eigenvalue weighted by Gasteiger charge is 2.23. The van der Waals surface area contributed by atoms with Gasteiger partial charge in [-0.25, -0.2) is 0 Å². The van der Waals surface area contributed by atoms with Gasteiger partial charge in [-0.15, -0.1) is 0 Å². The molecule has 2 aromatic carbocycles. The van der Waals surface area contributed by atoms with Crippen LogP contribution in [0.2, 0.25) is 5.02 Å². The van der Waals surface area contributed by atoms with Crippen molar-refractivity contribution in [3.63, 3.8) is 0 Å². The van der Waals surface area contributed by atoms with Gasteiger partial charge in [0.2, 0.25) is 0 Å². The van der Waals surface area contributed by atoms with Crippen molar-refractivity contribution >= 4 is 29.2 Å². The third kappa shape index (κ3) is 4.65. The van der Waals surface area contributed by atoms with Crippen LogP contribution in [-0.4, -0.2) is 16.1 Å². The minimum atomic E-state index is -0.133. The van der Waals surface area contributed by atoms with Gasteiger partial charge in [0.15, 0.2) is 5.69 Å². The summed E-state index contributed by atoms with van der Waals surface area (Å²) in [5.74, 6) is -0.133. The molecule has 0 unspecified atom stereocenters. The zero-order chi connectivity index (χ0) is 20.9. The fourth-order valence-corrected chi connectivity index (χ4v) is 4.21. The summed E-state index contributed by atoms with van der Waals surface area (Å²) in [7, 11) is 0. The van der Waals surface area contributed by atoms with Crippen molar-refractivity contribution in [3.05, 3.63) is 87.7 Å². The van der Waals surface area contributed by atoms with Gasteiger partial charge in [0.1, 0.15) is 0 Å². The number of carbonyl (C=O) groups excluding carboxylic acids is 1. The molecule has 0 saturated heterocycles. The van der Waals surface area contributed by atoms with Gasteiger partial charge in [-0.1, -0.05) is 60.5 Å². The average Bonchev–Trinajstić information content (AvgIpc) is 3.14. The molecule has 0 radical (unpaired) electrons. The van der Waals surface area contributed by atoms with Crippen molar-refractivity contribution in [2.75, 3.05) is 0 Å². The second-order valence-corrected chi connectivity index (χ2v) is 8.25. The van der Waals surface area contributed by atoms with Gasteiger partial charge in [-0.3, -0.25) is 9.89 Å². The topological polar surface area (TPSA) is 57.8 Å². The van der Waals surface area contributed by atoms with Crippen molar-refractivity contribution in [2.24, 2.45) is 0 Å². The molecule has 1 amide bonds. The molecule has 5 heteroatoms. The van der Waals surface area contributed by atoms with Crippen molar-refractivity contribution in [2.45, 2.75) is 45.1 Å². The maximum absolute atomic E-state index is 13.0. The highest BCUT2D eigenvalue weighted by molar-refractivity contribution is 6.30. The summed E-state index contributed by atoms with van der Waals surface area (Å²) in [5.41, 5.74) is 5.81. The van der Waals surface area contributed by atoms with Crippen LogP contribution >= 0.6 is 11.6 Å². The highest BCUT2D eigenvalue weighted by Crippen LogP contribution is 2.31. The minimum Gasteiger partial charge on any atom is -0.344 e. The third-order valence-electron chi connectivity index (χ3n) is 5.61. The lowest BCUT2D eigenvalue weighted by molar-refractivity contribution is 0.0934. The van der Waals surface area contributed by atoms with Gasteiger partial charge in [0.25, 0.3) is 5.91 Å².